The van der Waals surface area contributed by atoms with Crippen LogP contribution in [0.25, 0.3) is 11.3 Å². The lowest BCUT2D eigenvalue weighted by Gasteiger charge is -2.27. The molecule has 7 heteroatoms. The Labute approximate surface area is 180 Å². The van der Waals surface area contributed by atoms with E-state index in [9.17, 15) is 9.90 Å². The highest BCUT2D eigenvalue weighted by atomic mass is 32.1. The second-order valence-electron chi connectivity index (χ2n) is 7.73. The Kier molecular flexibility index (Phi) is 5.55. The summed E-state index contributed by atoms with van der Waals surface area (Å²) in [4.78, 5) is 18.3. The van der Waals surface area contributed by atoms with E-state index < -0.39 is 5.97 Å². The molecule has 0 amide bonds. The van der Waals surface area contributed by atoms with Crippen molar-refractivity contribution in [2.45, 2.75) is 25.9 Å². The third kappa shape index (κ3) is 3.80. The highest BCUT2D eigenvalue weighted by molar-refractivity contribution is 7.80. The van der Waals surface area contributed by atoms with E-state index in [1.165, 1.54) is 0 Å². The van der Waals surface area contributed by atoms with Crippen molar-refractivity contribution in [3.63, 3.8) is 0 Å². The zero-order valence-corrected chi connectivity index (χ0v) is 17.6. The number of aromatic nitrogens is 1. The van der Waals surface area contributed by atoms with Crippen LogP contribution in [0.1, 0.15) is 47.7 Å². The Morgan fingerprint density at radius 3 is 2.67 bits per heavy atom. The first-order chi connectivity index (χ1) is 14.5. The van der Waals surface area contributed by atoms with Gasteiger partial charge < -0.3 is 19.7 Å². The van der Waals surface area contributed by atoms with Crippen molar-refractivity contribution in [1.29, 1.82) is 0 Å². The van der Waals surface area contributed by atoms with Gasteiger partial charge in [0.25, 0.3) is 0 Å². The van der Waals surface area contributed by atoms with Crippen molar-refractivity contribution in [2.24, 2.45) is 5.92 Å². The highest BCUT2D eigenvalue weighted by Gasteiger charge is 2.41. The summed E-state index contributed by atoms with van der Waals surface area (Å²) < 4.78 is 6.22. The Morgan fingerprint density at radius 2 is 1.97 bits per heavy atom. The fourth-order valence-electron chi connectivity index (χ4n) is 3.85. The van der Waals surface area contributed by atoms with Crippen LogP contribution < -0.4 is 5.32 Å². The van der Waals surface area contributed by atoms with Crippen molar-refractivity contribution in [1.82, 2.24) is 15.2 Å². The summed E-state index contributed by atoms with van der Waals surface area (Å²) in [5.41, 5.74) is 1.63. The SMILES string of the molecule is CC(C)CN1C(=S)NC(c2ccccn2)C1c1ccc(-c2ccccc2C(=O)O)o1. The van der Waals surface area contributed by atoms with E-state index in [-0.39, 0.29) is 17.6 Å². The van der Waals surface area contributed by atoms with Gasteiger partial charge >= 0.3 is 5.97 Å². The number of nitrogens with one attached hydrogen (secondary N) is 1. The van der Waals surface area contributed by atoms with Crippen LogP contribution >= 0.6 is 12.2 Å². The molecule has 30 heavy (non-hydrogen) atoms. The lowest BCUT2D eigenvalue weighted by molar-refractivity contribution is 0.0697. The first-order valence-electron chi connectivity index (χ1n) is 9.86. The van der Waals surface area contributed by atoms with Crippen LogP contribution in [0.4, 0.5) is 0 Å². The maximum Gasteiger partial charge on any atom is 0.336 e. The van der Waals surface area contributed by atoms with Crippen LogP contribution in [0.2, 0.25) is 0 Å². The molecule has 1 saturated heterocycles. The number of pyridine rings is 1. The van der Waals surface area contributed by atoms with E-state index in [1.54, 1.807) is 30.5 Å². The Balaban J connectivity index is 1.76. The standard InChI is InChI=1S/C23H23N3O3S/c1-14(2)13-26-21(20(25-23(26)30)17-9-5-6-12-24-17)19-11-10-18(29-19)15-7-3-4-8-16(15)22(27)28/h3-12,14,20-21H,13H2,1-2H3,(H,25,30)(H,27,28). The van der Waals surface area contributed by atoms with Crippen molar-refractivity contribution < 1.29 is 14.3 Å². The number of furan rings is 1. The number of hydrogen-bond donors (Lipinski definition) is 2. The molecule has 0 aliphatic carbocycles. The topological polar surface area (TPSA) is 78.6 Å². The van der Waals surface area contributed by atoms with Crippen LogP contribution in [-0.4, -0.2) is 32.6 Å². The molecular formula is C23H23N3O3S. The van der Waals surface area contributed by atoms with Crippen LogP contribution in [0.5, 0.6) is 0 Å². The minimum Gasteiger partial charge on any atom is -0.478 e. The van der Waals surface area contributed by atoms with Gasteiger partial charge in [-0.05, 0) is 48.5 Å². The van der Waals surface area contributed by atoms with E-state index in [4.69, 9.17) is 16.6 Å². The molecule has 2 unspecified atom stereocenters. The summed E-state index contributed by atoms with van der Waals surface area (Å²) in [5, 5.41) is 13.6. The molecule has 0 bridgehead atoms. The second kappa shape index (κ2) is 8.28. The van der Waals surface area contributed by atoms with Gasteiger partial charge in [-0.25, -0.2) is 4.79 Å². The smallest absolute Gasteiger partial charge is 0.336 e. The number of rotatable bonds is 6. The molecule has 0 saturated carbocycles. The van der Waals surface area contributed by atoms with Crippen molar-refractivity contribution >= 4 is 23.3 Å². The number of thiocarbonyl (C=S) groups is 1. The summed E-state index contributed by atoms with van der Waals surface area (Å²) in [5.74, 6) is 0.649. The Hall–Kier alpha value is -3.19. The minimum absolute atomic E-state index is 0.161. The van der Waals surface area contributed by atoms with Crippen LogP contribution in [-0.2, 0) is 0 Å². The number of nitrogens with zero attached hydrogens (tertiary/aromatic N) is 2. The average molecular weight is 422 g/mol. The molecular weight excluding hydrogens is 398 g/mol. The molecule has 4 rings (SSSR count). The van der Waals surface area contributed by atoms with Crippen molar-refractivity contribution in [2.75, 3.05) is 6.54 Å². The molecule has 1 fully saturated rings. The first kappa shape index (κ1) is 20.1. The van der Waals surface area contributed by atoms with Crippen molar-refractivity contribution in [3.05, 3.63) is 77.8 Å². The van der Waals surface area contributed by atoms with E-state index in [0.717, 1.165) is 12.2 Å². The number of carboxylic acids is 1. The molecule has 3 aromatic rings. The molecule has 154 valence electrons. The normalized spacial score (nSPS) is 18.6. The number of benzene rings is 1. The summed E-state index contributed by atoms with van der Waals surface area (Å²) in [6, 6.07) is 16.0. The largest absolute Gasteiger partial charge is 0.478 e. The van der Waals surface area contributed by atoms with Gasteiger partial charge in [-0.15, -0.1) is 0 Å². The predicted octanol–water partition coefficient (Wildman–Crippen LogP) is 4.67. The lowest BCUT2D eigenvalue weighted by Crippen LogP contribution is -2.32. The van der Waals surface area contributed by atoms with Crippen LogP contribution in [0, 0.1) is 5.92 Å². The van der Waals surface area contributed by atoms with Gasteiger partial charge in [-0.2, -0.15) is 0 Å². The third-order valence-electron chi connectivity index (χ3n) is 5.10. The quantitative estimate of drug-likeness (QED) is 0.560. The Bertz CT molecular complexity index is 1060. The van der Waals surface area contributed by atoms with E-state index in [2.05, 4.69) is 29.0 Å². The number of carbonyl (C=O) groups is 1. The average Bonchev–Trinajstić information content (AvgIpc) is 3.33. The number of aromatic carboxylic acids is 1. The van der Waals surface area contributed by atoms with E-state index in [1.807, 2.05) is 30.3 Å². The fourth-order valence-corrected chi connectivity index (χ4v) is 4.16. The summed E-state index contributed by atoms with van der Waals surface area (Å²) in [6.45, 7) is 5.05. The second-order valence-corrected chi connectivity index (χ2v) is 8.11. The van der Waals surface area contributed by atoms with Gasteiger partial charge in [0.1, 0.15) is 17.6 Å². The van der Waals surface area contributed by atoms with Gasteiger partial charge in [0.15, 0.2) is 5.11 Å². The molecule has 2 atom stereocenters. The first-order valence-corrected chi connectivity index (χ1v) is 10.3. The molecule has 1 aliphatic rings. The summed E-state index contributed by atoms with van der Waals surface area (Å²) in [6.07, 6.45) is 1.76. The summed E-state index contributed by atoms with van der Waals surface area (Å²) in [7, 11) is 0. The van der Waals surface area contributed by atoms with Gasteiger partial charge in [0.05, 0.1) is 17.3 Å². The monoisotopic (exact) mass is 421 g/mol. The van der Waals surface area contributed by atoms with Crippen molar-refractivity contribution in [3.8, 4) is 11.3 Å². The van der Waals surface area contributed by atoms with E-state index in [0.29, 0.717) is 28.1 Å². The molecule has 0 radical (unpaired) electrons. The molecule has 0 spiro atoms. The molecule has 6 nitrogen and oxygen atoms in total. The third-order valence-corrected chi connectivity index (χ3v) is 5.45. The number of hydrogen-bond acceptors (Lipinski definition) is 4. The van der Waals surface area contributed by atoms with Gasteiger partial charge in [-0.3, -0.25) is 4.98 Å². The lowest BCUT2D eigenvalue weighted by atomic mass is 10.0. The predicted molar refractivity (Wildman–Crippen MR) is 118 cm³/mol. The zero-order chi connectivity index (χ0) is 21.3. The highest BCUT2D eigenvalue weighted by Crippen LogP contribution is 2.41. The molecule has 1 aromatic carbocycles. The maximum absolute atomic E-state index is 11.6. The summed E-state index contributed by atoms with van der Waals surface area (Å²) >= 11 is 5.64. The molecule has 2 aromatic heterocycles. The van der Waals surface area contributed by atoms with Gasteiger partial charge in [0.2, 0.25) is 0 Å². The van der Waals surface area contributed by atoms with Crippen LogP contribution in [0.3, 0.4) is 0 Å². The molecule has 2 N–H and O–H groups in total. The Morgan fingerprint density at radius 1 is 1.20 bits per heavy atom. The number of carboxylic acid groups (broad SMARTS) is 1. The zero-order valence-electron chi connectivity index (χ0n) is 16.8. The van der Waals surface area contributed by atoms with Gasteiger partial charge in [-0.1, -0.05) is 38.1 Å². The molecule has 3 heterocycles. The van der Waals surface area contributed by atoms with Gasteiger partial charge in [0, 0.05) is 18.3 Å². The van der Waals surface area contributed by atoms with Crippen LogP contribution in [0.15, 0.2) is 65.2 Å². The molecule has 1 aliphatic heterocycles. The minimum atomic E-state index is -0.986. The maximum atomic E-state index is 11.6. The van der Waals surface area contributed by atoms with E-state index >= 15 is 0 Å². The fraction of sp³-hybridized carbons (Fsp3) is 0.261.